The Morgan fingerprint density at radius 3 is 1.86 bits per heavy atom. The van der Waals surface area contributed by atoms with E-state index in [2.05, 4.69) is 6.92 Å². The Bertz CT molecular complexity index is 113. The molecule has 0 aromatic carbocycles. The Labute approximate surface area is 90.5 Å². The number of hydrogen-bond donors (Lipinski definition) is 0. The topological polar surface area (TPSA) is 0 Å². The van der Waals surface area contributed by atoms with Crippen molar-refractivity contribution in [3.8, 4) is 0 Å². The van der Waals surface area contributed by atoms with Crippen molar-refractivity contribution < 1.29 is 0 Å². The molecular weight excluding hydrogens is 168 g/mol. The molecule has 84 valence electrons. The SMILES string of the molecule is CCCCCCCCCCC1CCC1. The van der Waals surface area contributed by atoms with Gasteiger partial charge in [-0.1, -0.05) is 84.0 Å². The molecule has 1 rings (SSSR count). The Kier molecular flexibility index (Phi) is 7.17. The molecule has 0 nitrogen and oxygen atoms in total. The number of unbranched alkanes of at least 4 members (excludes halogenated alkanes) is 7. The smallest absolute Gasteiger partial charge is 0.0414 e. The van der Waals surface area contributed by atoms with Crippen LogP contribution in [0.4, 0.5) is 0 Å². The van der Waals surface area contributed by atoms with E-state index in [4.69, 9.17) is 0 Å². The molecule has 0 aromatic rings. The van der Waals surface area contributed by atoms with Crippen molar-refractivity contribution in [3.05, 3.63) is 0 Å². The maximum atomic E-state index is 2.29. The minimum absolute atomic E-state index is 1.13. The lowest BCUT2D eigenvalue weighted by Crippen LogP contribution is -2.10. The fourth-order valence-electron chi connectivity index (χ4n) is 2.35. The molecule has 0 atom stereocenters. The number of hydrogen-bond acceptors (Lipinski definition) is 0. The lowest BCUT2D eigenvalue weighted by molar-refractivity contribution is 0.286. The highest BCUT2D eigenvalue weighted by molar-refractivity contribution is 4.68. The molecule has 0 unspecified atom stereocenters. The summed E-state index contributed by atoms with van der Waals surface area (Å²) in [6.45, 7) is 2.29. The molecule has 0 N–H and O–H groups in total. The highest BCUT2D eigenvalue weighted by Crippen LogP contribution is 2.31. The van der Waals surface area contributed by atoms with Crippen molar-refractivity contribution in [1.29, 1.82) is 0 Å². The third-order valence-electron chi connectivity index (χ3n) is 3.69. The molecule has 14 heavy (non-hydrogen) atoms. The van der Waals surface area contributed by atoms with Gasteiger partial charge in [-0.25, -0.2) is 0 Å². The van der Waals surface area contributed by atoms with Crippen molar-refractivity contribution in [2.45, 2.75) is 84.0 Å². The van der Waals surface area contributed by atoms with Gasteiger partial charge >= 0.3 is 0 Å². The van der Waals surface area contributed by atoms with Gasteiger partial charge in [-0.2, -0.15) is 0 Å². The third-order valence-corrected chi connectivity index (χ3v) is 3.69. The predicted octanol–water partition coefficient (Wildman–Crippen LogP) is 5.32. The van der Waals surface area contributed by atoms with E-state index >= 15 is 0 Å². The van der Waals surface area contributed by atoms with Crippen LogP contribution in [-0.2, 0) is 0 Å². The van der Waals surface area contributed by atoms with E-state index in [1.54, 1.807) is 0 Å². The summed E-state index contributed by atoms with van der Waals surface area (Å²) < 4.78 is 0. The van der Waals surface area contributed by atoms with Gasteiger partial charge in [0, 0.05) is 0 Å². The zero-order chi connectivity index (χ0) is 10.1. The predicted molar refractivity (Wildman–Crippen MR) is 64.6 cm³/mol. The van der Waals surface area contributed by atoms with Gasteiger partial charge in [-0.15, -0.1) is 0 Å². The summed E-state index contributed by atoms with van der Waals surface area (Å²) in [7, 11) is 0. The summed E-state index contributed by atoms with van der Waals surface area (Å²) >= 11 is 0. The molecule has 0 aliphatic heterocycles. The summed E-state index contributed by atoms with van der Waals surface area (Å²) in [5.41, 5.74) is 0. The lowest BCUT2D eigenvalue weighted by atomic mass is 9.81. The van der Waals surface area contributed by atoms with Crippen LogP contribution in [0.25, 0.3) is 0 Å². The zero-order valence-electron chi connectivity index (χ0n) is 10.1. The Morgan fingerprint density at radius 2 is 1.36 bits per heavy atom. The molecule has 0 amide bonds. The van der Waals surface area contributed by atoms with Gasteiger partial charge in [0.15, 0.2) is 0 Å². The van der Waals surface area contributed by atoms with E-state index in [1.165, 1.54) is 77.0 Å². The van der Waals surface area contributed by atoms with Crippen molar-refractivity contribution in [2.24, 2.45) is 5.92 Å². The highest BCUT2D eigenvalue weighted by Gasteiger charge is 2.15. The largest absolute Gasteiger partial charge is 0.0654 e. The second-order valence-electron chi connectivity index (χ2n) is 5.06. The molecule has 1 fully saturated rings. The Morgan fingerprint density at radius 1 is 0.786 bits per heavy atom. The fourth-order valence-corrected chi connectivity index (χ4v) is 2.35. The first-order chi connectivity index (χ1) is 6.93. The van der Waals surface area contributed by atoms with Crippen LogP contribution in [0.2, 0.25) is 0 Å². The number of rotatable bonds is 9. The van der Waals surface area contributed by atoms with Crippen LogP contribution in [-0.4, -0.2) is 0 Å². The minimum Gasteiger partial charge on any atom is -0.0654 e. The third kappa shape index (κ3) is 5.67. The summed E-state index contributed by atoms with van der Waals surface area (Å²) in [4.78, 5) is 0. The van der Waals surface area contributed by atoms with Crippen LogP contribution < -0.4 is 0 Å². The van der Waals surface area contributed by atoms with Crippen molar-refractivity contribution in [3.63, 3.8) is 0 Å². The fraction of sp³-hybridized carbons (Fsp3) is 1.00. The molecule has 0 heteroatoms. The first-order valence-corrected chi connectivity index (χ1v) is 6.93. The van der Waals surface area contributed by atoms with E-state index in [1.807, 2.05) is 0 Å². The molecule has 1 saturated carbocycles. The standard InChI is InChI=1S/C14H28/c1-2-3-4-5-6-7-8-9-11-14-12-10-13-14/h14H,2-13H2,1H3. The second-order valence-corrected chi connectivity index (χ2v) is 5.06. The van der Waals surface area contributed by atoms with Crippen LogP contribution in [0.3, 0.4) is 0 Å². The van der Waals surface area contributed by atoms with Crippen LogP contribution >= 0.6 is 0 Å². The summed E-state index contributed by atoms with van der Waals surface area (Å²) in [6.07, 6.45) is 17.9. The minimum atomic E-state index is 1.13. The summed E-state index contributed by atoms with van der Waals surface area (Å²) in [5, 5.41) is 0. The first kappa shape index (κ1) is 12.1. The van der Waals surface area contributed by atoms with Crippen LogP contribution in [0.5, 0.6) is 0 Å². The normalized spacial score (nSPS) is 16.9. The van der Waals surface area contributed by atoms with Gasteiger partial charge in [0.25, 0.3) is 0 Å². The molecule has 1 aliphatic rings. The first-order valence-electron chi connectivity index (χ1n) is 6.93. The van der Waals surface area contributed by atoms with Gasteiger partial charge in [0.1, 0.15) is 0 Å². The van der Waals surface area contributed by atoms with E-state index in [9.17, 15) is 0 Å². The molecule has 1 aliphatic carbocycles. The molecular formula is C14H28. The molecule has 0 heterocycles. The monoisotopic (exact) mass is 196 g/mol. The zero-order valence-corrected chi connectivity index (χ0v) is 10.1. The maximum Gasteiger partial charge on any atom is -0.0414 e. The van der Waals surface area contributed by atoms with E-state index in [0.717, 1.165) is 5.92 Å². The molecule has 0 saturated heterocycles. The van der Waals surface area contributed by atoms with Gasteiger partial charge in [0.2, 0.25) is 0 Å². The van der Waals surface area contributed by atoms with E-state index in [-0.39, 0.29) is 0 Å². The van der Waals surface area contributed by atoms with E-state index < -0.39 is 0 Å². The molecule has 0 spiro atoms. The molecule has 0 aromatic heterocycles. The maximum absolute atomic E-state index is 2.29. The molecule has 0 radical (unpaired) electrons. The lowest BCUT2D eigenvalue weighted by Gasteiger charge is -2.24. The van der Waals surface area contributed by atoms with Gasteiger partial charge < -0.3 is 0 Å². The quantitative estimate of drug-likeness (QED) is 0.438. The summed E-state index contributed by atoms with van der Waals surface area (Å²) in [5.74, 6) is 1.13. The van der Waals surface area contributed by atoms with Crippen molar-refractivity contribution in [1.82, 2.24) is 0 Å². The Hall–Kier alpha value is 0. The Balaban J connectivity index is 1.67. The van der Waals surface area contributed by atoms with Crippen LogP contribution in [0.15, 0.2) is 0 Å². The van der Waals surface area contributed by atoms with Gasteiger partial charge in [-0.3, -0.25) is 0 Å². The van der Waals surface area contributed by atoms with Gasteiger partial charge in [-0.05, 0) is 5.92 Å². The van der Waals surface area contributed by atoms with E-state index in [0.29, 0.717) is 0 Å². The van der Waals surface area contributed by atoms with Crippen LogP contribution in [0.1, 0.15) is 84.0 Å². The average molecular weight is 196 g/mol. The molecule has 0 bridgehead atoms. The van der Waals surface area contributed by atoms with Crippen LogP contribution in [0, 0.1) is 5.92 Å². The van der Waals surface area contributed by atoms with Crippen molar-refractivity contribution in [2.75, 3.05) is 0 Å². The second kappa shape index (κ2) is 8.32. The highest BCUT2D eigenvalue weighted by atomic mass is 14.2. The van der Waals surface area contributed by atoms with Gasteiger partial charge in [0.05, 0.1) is 0 Å². The van der Waals surface area contributed by atoms with Crippen molar-refractivity contribution >= 4 is 0 Å². The average Bonchev–Trinajstić information content (AvgIpc) is 2.13. The summed E-state index contributed by atoms with van der Waals surface area (Å²) in [6, 6.07) is 0.